The van der Waals surface area contributed by atoms with Crippen LogP contribution in [-0.4, -0.2) is 18.3 Å². The van der Waals surface area contributed by atoms with E-state index in [-0.39, 0.29) is 0 Å². The van der Waals surface area contributed by atoms with Gasteiger partial charge < -0.3 is 14.8 Å². The molecule has 0 saturated heterocycles. The van der Waals surface area contributed by atoms with Gasteiger partial charge >= 0.3 is 0 Å². The molecule has 1 aromatic rings. The second kappa shape index (κ2) is 8.36. The number of aliphatic hydroxyl groups excluding tert-OH is 1. The molecular formula is C13H23NO2. The maximum atomic E-state index is 8.65. The minimum absolute atomic E-state index is 0.317. The third kappa shape index (κ3) is 4.81. The van der Waals surface area contributed by atoms with Crippen molar-refractivity contribution in [2.75, 3.05) is 13.2 Å². The molecule has 0 aliphatic carbocycles. The predicted octanol–water partition coefficient (Wildman–Crippen LogP) is 2.87. The molecule has 0 amide bonds. The Hall–Kier alpha value is -0.800. The Morgan fingerprint density at radius 1 is 1.31 bits per heavy atom. The van der Waals surface area contributed by atoms with E-state index in [0.29, 0.717) is 12.6 Å². The van der Waals surface area contributed by atoms with Crippen LogP contribution in [0.1, 0.15) is 50.8 Å². The Morgan fingerprint density at radius 3 is 2.75 bits per heavy atom. The van der Waals surface area contributed by atoms with Crippen molar-refractivity contribution < 1.29 is 9.52 Å². The van der Waals surface area contributed by atoms with Gasteiger partial charge in [0, 0.05) is 6.61 Å². The molecule has 1 heterocycles. The van der Waals surface area contributed by atoms with Gasteiger partial charge in [-0.15, -0.1) is 0 Å². The number of rotatable bonds is 9. The Balaban J connectivity index is 2.11. The average molecular weight is 225 g/mol. The quantitative estimate of drug-likeness (QED) is 0.635. The van der Waals surface area contributed by atoms with Crippen LogP contribution in [0.3, 0.4) is 0 Å². The number of unbranched alkanes of at least 4 members (excludes halogenated alkanes) is 3. The zero-order chi connectivity index (χ0) is 11.6. The molecule has 0 aliphatic heterocycles. The van der Waals surface area contributed by atoms with Crippen LogP contribution in [0.2, 0.25) is 0 Å². The lowest BCUT2D eigenvalue weighted by Crippen LogP contribution is -2.21. The summed E-state index contributed by atoms with van der Waals surface area (Å²) in [5, 5.41) is 12.1. The van der Waals surface area contributed by atoms with Crippen LogP contribution < -0.4 is 5.32 Å². The first-order valence-electron chi connectivity index (χ1n) is 6.26. The monoisotopic (exact) mass is 225 g/mol. The molecule has 92 valence electrons. The van der Waals surface area contributed by atoms with Crippen molar-refractivity contribution in [3.8, 4) is 0 Å². The van der Waals surface area contributed by atoms with Crippen molar-refractivity contribution in [2.24, 2.45) is 0 Å². The first-order chi connectivity index (χ1) is 7.88. The Labute approximate surface area is 97.9 Å². The highest BCUT2D eigenvalue weighted by atomic mass is 16.3. The molecule has 0 saturated carbocycles. The third-order valence-corrected chi connectivity index (χ3v) is 2.77. The Morgan fingerprint density at radius 2 is 2.12 bits per heavy atom. The van der Waals surface area contributed by atoms with Crippen molar-refractivity contribution in [3.05, 3.63) is 24.2 Å². The normalized spacial score (nSPS) is 12.9. The molecule has 0 bridgehead atoms. The van der Waals surface area contributed by atoms with Gasteiger partial charge in [-0.3, -0.25) is 0 Å². The van der Waals surface area contributed by atoms with Crippen LogP contribution in [0.15, 0.2) is 22.8 Å². The van der Waals surface area contributed by atoms with Gasteiger partial charge in [0.2, 0.25) is 0 Å². The fraction of sp³-hybridized carbons (Fsp3) is 0.692. The molecule has 0 fully saturated rings. The smallest absolute Gasteiger partial charge is 0.120 e. The van der Waals surface area contributed by atoms with Gasteiger partial charge in [-0.1, -0.05) is 19.8 Å². The molecule has 16 heavy (non-hydrogen) atoms. The van der Waals surface area contributed by atoms with Crippen LogP contribution in [0.4, 0.5) is 0 Å². The van der Waals surface area contributed by atoms with Crippen molar-refractivity contribution in [1.29, 1.82) is 0 Å². The highest BCUT2D eigenvalue weighted by Crippen LogP contribution is 2.16. The molecule has 1 unspecified atom stereocenters. The molecule has 1 aromatic heterocycles. The summed E-state index contributed by atoms with van der Waals surface area (Å²) in [6.45, 7) is 3.49. The number of aliphatic hydroxyl groups is 1. The summed E-state index contributed by atoms with van der Waals surface area (Å²) in [6, 6.07) is 4.29. The Bertz CT molecular complexity index is 246. The van der Waals surface area contributed by atoms with E-state index in [9.17, 15) is 0 Å². The molecule has 0 aliphatic rings. The standard InChI is InChI=1S/C13H23NO2/c1-2-12(13-8-7-11-16-13)14-9-5-3-4-6-10-15/h7-8,11-12,14-15H,2-6,9-10H2,1H3. The number of hydrogen-bond donors (Lipinski definition) is 2. The van der Waals surface area contributed by atoms with Crippen molar-refractivity contribution in [1.82, 2.24) is 5.32 Å². The van der Waals surface area contributed by atoms with Crippen LogP contribution in [0, 0.1) is 0 Å². The van der Waals surface area contributed by atoms with Gasteiger partial charge in [0.15, 0.2) is 0 Å². The van der Waals surface area contributed by atoms with E-state index >= 15 is 0 Å². The van der Waals surface area contributed by atoms with E-state index in [1.165, 1.54) is 6.42 Å². The first-order valence-corrected chi connectivity index (χ1v) is 6.26. The Kier molecular flexibility index (Phi) is 6.93. The molecule has 3 heteroatoms. The summed E-state index contributed by atoms with van der Waals surface area (Å²) in [6.07, 6.45) is 7.16. The van der Waals surface area contributed by atoms with Crippen LogP contribution in [-0.2, 0) is 0 Å². The van der Waals surface area contributed by atoms with Crippen LogP contribution in [0.5, 0.6) is 0 Å². The lowest BCUT2D eigenvalue weighted by Gasteiger charge is -2.14. The zero-order valence-corrected chi connectivity index (χ0v) is 10.1. The van der Waals surface area contributed by atoms with Crippen molar-refractivity contribution in [2.45, 2.75) is 45.1 Å². The summed E-state index contributed by atoms with van der Waals surface area (Å²) in [7, 11) is 0. The number of hydrogen-bond acceptors (Lipinski definition) is 3. The maximum absolute atomic E-state index is 8.65. The lowest BCUT2D eigenvalue weighted by atomic mass is 10.1. The van der Waals surface area contributed by atoms with E-state index < -0.39 is 0 Å². The molecule has 0 radical (unpaired) electrons. The van der Waals surface area contributed by atoms with Crippen molar-refractivity contribution >= 4 is 0 Å². The van der Waals surface area contributed by atoms with Crippen molar-refractivity contribution in [3.63, 3.8) is 0 Å². The highest BCUT2D eigenvalue weighted by molar-refractivity contribution is 5.03. The van der Waals surface area contributed by atoms with Gasteiger partial charge in [-0.25, -0.2) is 0 Å². The second-order valence-corrected chi connectivity index (χ2v) is 4.07. The first kappa shape index (κ1) is 13.3. The maximum Gasteiger partial charge on any atom is 0.120 e. The average Bonchev–Trinajstić information content (AvgIpc) is 2.82. The number of nitrogens with one attached hydrogen (secondary N) is 1. The van der Waals surface area contributed by atoms with E-state index in [1.54, 1.807) is 6.26 Å². The summed E-state index contributed by atoms with van der Waals surface area (Å²) in [5.41, 5.74) is 0. The number of furan rings is 1. The third-order valence-electron chi connectivity index (χ3n) is 2.77. The lowest BCUT2D eigenvalue weighted by molar-refractivity contribution is 0.282. The summed E-state index contributed by atoms with van der Waals surface area (Å²) in [4.78, 5) is 0. The van der Waals surface area contributed by atoms with E-state index in [4.69, 9.17) is 9.52 Å². The van der Waals surface area contributed by atoms with E-state index in [2.05, 4.69) is 12.2 Å². The van der Waals surface area contributed by atoms with Gasteiger partial charge in [0.05, 0.1) is 12.3 Å². The zero-order valence-electron chi connectivity index (χ0n) is 10.1. The second-order valence-electron chi connectivity index (χ2n) is 4.07. The minimum Gasteiger partial charge on any atom is -0.468 e. The van der Waals surface area contributed by atoms with Gasteiger partial charge in [-0.2, -0.15) is 0 Å². The van der Waals surface area contributed by atoms with E-state index in [1.807, 2.05) is 12.1 Å². The van der Waals surface area contributed by atoms with E-state index in [0.717, 1.165) is 38.0 Å². The van der Waals surface area contributed by atoms with Gasteiger partial charge in [0.25, 0.3) is 0 Å². The molecule has 3 nitrogen and oxygen atoms in total. The molecular weight excluding hydrogens is 202 g/mol. The fourth-order valence-corrected chi connectivity index (χ4v) is 1.80. The topological polar surface area (TPSA) is 45.4 Å². The summed E-state index contributed by atoms with van der Waals surface area (Å²) in [5.74, 6) is 1.03. The molecule has 1 rings (SSSR count). The predicted molar refractivity (Wildman–Crippen MR) is 65.3 cm³/mol. The fourth-order valence-electron chi connectivity index (χ4n) is 1.80. The molecule has 0 spiro atoms. The molecule has 1 atom stereocenters. The highest BCUT2D eigenvalue weighted by Gasteiger charge is 2.09. The van der Waals surface area contributed by atoms with Crippen LogP contribution in [0.25, 0.3) is 0 Å². The SMILES string of the molecule is CCC(NCCCCCCO)c1ccco1. The molecule has 0 aromatic carbocycles. The largest absolute Gasteiger partial charge is 0.468 e. The minimum atomic E-state index is 0.317. The van der Waals surface area contributed by atoms with Gasteiger partial charge in [-0.05, 0) is 37.9 Å². The van der Waals surface area contributed by atoms with Crippen LogP contribution >= 0.6 is 0 Å². The molecule has 2 N–H and O–H groups in total. The summed E-state index contributed by atoms with van der Waals surface area (Å²) < 4.78 is 5.39. The van der Waals surface area contributed by atoms with Gasteiger partial charge in [0.1, 0.15) is 5.76 Å². The summed E-state index contributed by atoms with van der Waals surface area (Å²) >= 11 is 0.